The number of rotatable bonds is 0. The fraction of sp³-hybridized carbons (Fsp3) is 0. The van der Waals surface area contributed by atoms with E-state index in [0.29, 0.717) is 15.8 Å². The molecule has 0 unspecified atom stereocenters. The fourth-order valence-corrected chi connectivity index (χ4v) is 1.69. The molecule has 0 aromatic carbocycles. The molecule has 0 aliphatic rings. The molecule has 0 atom stereocenters. The minimum Gasteiger partial charge on any atom is -0.382 e. The van der Waals surface area contributed by atoms with Crippen LogP contribution in [0, 0.1) is 0 Å². The summed E-state index contributed by atoms with van der Waals surface area (Å²) in [4.78, 5) is 12.4. The van der Waals surface area contributed by atoms with Crippen molar-refractivity contribution in [1.29, 1.82) is 0 Å². The van der Waals surface area contributed by atoms with E-state index in [-0.39, 0.29) is 0 Å². The highest BCUT2D eigenvalue weighted by Crippen LogP contribution is 2.25. The second-order valence-electron chi connectivity index (χ2n) is 1.88. The van der Waals surface area contributed by atoms with Crippen molar-refractivity contribution in [2.75, 3.05) is 5.73 Å². The Labute approximate surface area is 71.1 Å². The molecule has 4 nitrogen and oxygen atoms in total. The van der Waals surface area contributed by atoms with Crippen molar-refractivity contribution in [2.45, 2.75) is 0 Å². The number of aromatic nitrogens is 3. The molecule has 0 fully saturated rings. The summed E-state index contributed by atoms with van der Waals surface area (Å²) in [5.74, 6) is 0.373. The van der Waals surface area contributed by atoms with Gasteiger partial charge in [-0.05, 0) is 0 Å². The third-order valence-corrected chi connectivity index (χ3v) is 2.27. The van der Waals surface area contributed by atoms with Gasteiger partial charge in [0.05, 0.1) is 0 Å². The zero-order chi connectivity index (χ0) is 7.84. The van der Waals surface area contributed by atoms with Crippen LogP contribution in [0.2, 0.25) is 4.47 Å². The number of nitrogen functional groups attached to an aromatic ring is 1. The van der Waals surface area contributed by atoms with E-state index in [1.54, 1.807) is 0 Å². The van der Waals surface area contributed by atoms with E-state index in [9.17, 15) is 0 Å². The van der Waals surface area contributed by atoms with E-state index in [4.69, 9.17) is 17.3 Å². The van der Waals surface area contributed by atoms with E-state index in [0.717, 1.165) is 4.83 Å². The highest BCUT2D eigenvalue weighted by Gasteiger charge is 2.05. The SMILES string of the molecule is Nc1ncnc2sc(Cl)nc12. The summed E-state index contributed by atoms with van der Waals surface area (Å²) in [6.45, 7) is 0. The molecule has 2 aromatic rings. The highest BCUT2D eigenvalue weighted by molar-refractivity contribution is 7.21. The lowest BCUT2D eigenvalue weighted by atomic mass is 10.5. The molecule has 2 N–H and O–H groups in total. The third kappa shape index (κ3) is 1.02. The van der Waals surface area contributed by atoms with Crippen LogP contribution < -0.4 is 5.73 Å². The normalized spacial score (nSPS) is 10.6. The minimum atomic E-state index is 0.373. The molecule has 0 bridgehead atoms. The average Bonchev–Trinajstić information content (AvgIpc) is 2.31. The zero-order valence-corrected chi connectivity index (χ0v) is 6.85. The smallest absolute Gasteiger partial charge is 0.186 e. The van der Waals surface area contributed by atoms with Crippen LogP contribution in [-0.4, -0.2) is 15.0 Å². The van der Waals surface area contributed by atoms with Gasteiger partial charge in [0.15, 0.2) is 10.3 Å². The average molecular weight is 187 g/mol. The Morgan fingerprint density at radius 1 is 1.45 bits per heavy atom. The highest BCUT2D eigenvalue weighted by atomic mass is 35.5. The van der Waals surface area contributed by atoms with Gasteiger partial charge in [-0.2, -0.15) is 0 Å². The van der Waals surface area contributed by atoms with Crippen LogP contribution in [0.1, 0.15) is 0 Å². The van der Waals surface area contributed by atoms with Crippen molar-refractivity contribution in [1.82, 2.24) is 15.0 Å². The maximum atomic E-state index is 5.64. The molecule has 2 rings (SSSR count). The molecule has 0 saturated carbocycles. The lowest BCUT2D eigenvalue weighted by Gasteiger charge is -1.88. The van der Waals surface area contributed by atoms with Crippen LogP contribution in [0.4, 0.5) is 5.82 Å². The molecule has 6 heteroatoms. The van der Waals surface area contributed by atoms with Gasteiger partial charge in [-0.1, -0.05) is 22.9 Å². The van der Waals surface area contributed by atoms with Crippen LogP contribution in [0.3, 0.4) is 0 Å². The predicted octanol–water partition coefficient (Wildman–Crippen LogP) is 1.32. The number of anilines is 1. The quantitative estimate of drug-likeness (QED) is 0.674. The maximum Gasteiger partial charge on any atom is 0.186 e. The van der Waals surface area contributed by atoms with Crippen molar-refractivity contribution in [3.63, 3.8) is 0 Å². The van der Waals surface area contributed by atoms with Gasteiger partial charge < -0.3 is 5.73 Å². The van der Waals surface area contributed by atoms with Gasteiger partial charge in [0.25, 0.3) is 0 Å². The van der Waals surface area contributed by atoms with Crippen LogP contribution in [-0.2, 0) is 0 Å². The molecule has 2 heterocycles. The molecule has 0 radical (unpaired) electrons. The first-order chi connectivity index (χ1) is 5.27. The molecular weight excluding hydrogens is 184 g/mol. The molecule has 56 valence electrons. The molecule has 0 saturated heterocycles. The molecule has 11 heavy (non-hydrogen) atoms. The van der Waals surface area contributed by atoms with E-state index in [1.165, 1.54) is 17.7 Å². The van der Waals surface area contributed by atoms with Crippen molar-refractivity contribution >= 4 is 39.1 Å². The summed E-state index contributed by atoms with van der Waals surface area (Å²) < 4.78 is 0.437. The number of hydrogen-bond donors (Lipinski definition) is 1. The topological polar surface area (TPSA) is 64.7 Å². The standard InChI is InChI=1S/C5H3ClN4S/c6-5-10-2-3(7)8-1-9-4(2)11-5/h1H,(H2,7,8,9). The van der Waals surface area contributed by atoms with Gasteiger partial charge in [0.1, 0.15) is 16.7 Å². The Balaban J connectivity index is 2.90. The monoisotopic (exact) mass is 186 g/mol. The summed E-state index contributed by atoms with van der Waals surface area (Å²) in [5.41, 5.74) is 6.09. The maximum absolute atomic E-state index is 5.64. The van der Waals surface area contributed by atoms with Gasteiger partial charge in [-0.25, -0.2) is 15.0 Å². The van der Waals surface area contributed by atoms with Crippen molar-refractivity contribution in [2.24, 2.45) is 0 Å². The largest absolute Gasteiger partial charge is 0.382 e. The van der Waals surface area contributed by atoms with Crippen molar-refractivity contribution in [3.8, 4) is 0 Å². The first-order valence-electron chi connectivity index (χ1n) is 2.80. The van der Waals surface area contributed by atoms with Gasteiger partial charge in [0, 0.05) is 0 Å². The van der Waals surface area contributed by atoms with Crippen molar-refractivity contribution in [3.05, 3.63) is 10.8 Å². The van der Waals surface area contributed by atoms with Crippen LogP contribution in [0.5, 0.6) is 0 Å². The van der Waals surface area contributed by atoms with Crippen LogP contribution in [0.25, 0.3) is 10.3 Å². The second kappa shape index (κ2) is 2.28. The zero-order valence-electron chi connectivity index (χ0n) is 5.28. The first-order valence-corrected chi connectivity index (χ1v) is 3.99. The molecule has 0 amide bonds. The van der Waals surface area contributed by atoms with E-state index in [2.05, 4.69) is 15.0 Å². The van der Waals surface area contributed by atoms with Crippen molar-refractivity contribution < 1.29 is 0 Å². The summed E-state index contributed by atoms with van der Waals surface area (Å²) in [6.07, 6.45) is 1.40. The van der Waals surface area contributed by atoms with Crippen LogP contribution in [0.15, 0.2) is 6.33 Å². The molecule has 2 aromatic heterocycles. The number of nitrogens with two attached hydrogens (primary N) is 1. The minimum absolute atomic E-state index is 0.373. The number of halogens is 1. The van der Waals surface area contributed by atoms with E-state index < -0.39 is 0 Å². The molecule has 0 aliphatic carbocycles. The Morgan fingerprint density at radius 2 is 2.27 bits per heavy atom. The summed E-state index contributed by atoms with van der Waals surface area (Å²) in [5, 5.41) is 0. The van der Waals surface area contributed by atoms with Gasteiger partial charge in [-0.3, -0.25) is 0 Å². The van der Waals surface area contributed by atoms with Gasteiger partial charge in [0.2, 0.25) is 0 Å². The van der Waals surface area contributed by atoms with Crippen LogP contribution >= 0.6 is 22.9 Å². The number of thiazole rings is 1. The Kier molecular flexibility index (Phi) is 1.40. The molecular formula is C5H3ClN4S. The fourth-order valence-electron chi connectivity index (χ4n) is 0.746. The summed E-state index contributed by atoms with van der Waals surface area (Å²) >= 11 is 6.93. The van der Waals surface area contributed by atoms with Gasteiger partial charge in [-0.15, -0.1) is 0 Å². The van der Waals surface area contributed by atoms with Gasteiger partial charge >= 0.3 is 0 Å². The molecule has 0 aliphatic heterocycles. The lowest BCUT2D eigenvalue weighted by Crippen LogP contribution is -1.91. The lowest BCUT2D eigenvalue weighted by molar-refractivity contribution is 1.23. The number of fused-ring (bicyclic) bond motifs is 1. The third-order valence-electron chi connectivity index (χ3n) is 1.20. The van der Waals surface area contributed by atoms with E-state index in [1.807, 2.05) is 0 Å². The summed E-state index contributed by atoms with van der Waals surface area (Å²) in [7, 11) is 0. The summed E-state index contributed by atoms with van der Waals surface area (Å²) in [6, 6.07) is 0. The Morgan fingerprint density at radius 3 is 3.00 bits per heavy atom. The number of hydrogen-bond acceptors (Lipinski definition) is 5. The first kappa shape index (κ1) is 6.75. The molecule has 0 spiro atoms. The predicted molar refractivity (Wildman–Crippen MR) is 44.6 cm³/mol. The number of nitrogens with zero attached hydrogens (tertiary/aromatic N) is 3. The Hall–Kier alpha value is -0.940. The van der Waals surface area contributed by atoms with E-state index >= 15 is 0 Å². The Bertz CT molecular complexity index is 398. The second-order valence-corrected chi connectivity index (χ2v) is 3.44.